The molecule has 228 valence electrons. The Morgan fingerprint density at radius 2 is 0.898 bits per heavy atom. The third kappa shape index (κ3) is 4.42. The van der Waals surface area contributed by atoms with E-state index in [9.17, 15) is 0 Å². The molecule has 0 saturated carbocycles. The summed E-state index contributed by atoms with van der Waals surface area (Å²) in [5.41, 5.74) is 6.81. The highest BCUT2D eigenvalue weighted by molar-refractivity contribution is 6.22. The maximum atomic E-state index is 6.64. The summed E-state index contributed by atoms with van der Waals surface area (Å²) >= 11 is 0. The lowest BCUT2D eigenvalue weighted by atomic mass is 9.95. The van der Waals surface area contributed by atoms with Crippen LogP contribution in [0.4, 0.5) is 0 Å². The van der Waals surface area contributed by atoms with Crippen molar-refractivity contribution < 1.29 is 4.42 Å². The standard InChI is InChI=1S/C45H27N3O/c1-3-14-28(15-4-1)32-24-13-25-40-41(32)39-27-38(35-22-11-12-23-36(35)42(39)49-40)45-47-43(29-16-5-2-6-17-29)46-44(48-45)37-26-30-18-7-8-19-31(30)33-20-9-10-21-34(33)37/h1-27H. The van der Waals surface area contributed by atoms with E-state index in [1.807, 2.05) is 24.3 Å². The van der Waals surface area contributed by atoms with E-state index in [4.69, 9.17) is 19.4 Å². The molecule has 8 aromatic carbocycles. The Hall–Kier alpha value is -6.65. The number of nitrogens with zero attached hydrogens (tertiary/aromatic N) is 3. The van der Waals surface area contributed by atoms with E-state index in [1.165, 1.54) is 10.8 Å². The second-order valence-electron chi connectivity index (χ2n) is 12.4. The quantitative estimate of drug-likeness (QED) is 0.183. The van der Waals surface area contributed by atoms with Crippen LogP contribution in [-0.4, -0.2) is 15.0 Å². The van der Waals surface area contributed by atoms with Gasteiger partial charge in [-0.15, -0.1) is 0 Å². The molecule has 0 unspecified atom stereocenters. The van der Waals surface area contributed by atoms with Crippen molar-refractivity contribution in [1.29, 1.82) is 0 Å². The van der Waals surface area contributed by atoms with Crippen LogP contribution in [0.15, 0.2) is 168 Å². The minimum Gasteiger partial charge on any atom is -0.455 e. The summed E-state index contributed by atoms with van der Waals surface area (Å²) in [5.74, 6) is 1.88. The Bertz CT molecular complexity index is 2880. The summed E-state index contributed by atoms with van der Waals surface area (Å²) in [6.07, 6.45) is 0. The van der Waals surface area contributed by atoms with Crippen LogP contribution in [0, 0.1) is 0 Å². The number of rotatable bonds is 4. The molecule has 0 bridgehead atoms. The summed E-state index contributed by atoms with van der Waals surface area (Å²) in [7, 11) is 0. The first-order chi connectivity index (χ1) is 24.3. The van der Waals surface area contributed by atoms with Crippen LogP contribution in [0.2, 0.25) is 0 Å². The predicted octanol–water partition coefficient (Wildman–Crippen LogP) is 11.9. The van der Waals surface area contributed by atoms with E-state index in [2.05, 4.69) is 140 Å². The topological polar surface area (TPSA) is 51.8 Å². The molecule has 0 aliphatic carbocycles. The van der Waals surface area contributed by atoms with Gasteiger partial charge in [0, 0.05) is 32.8 Å². The average Bonchev–Trinajstić information content (AvgIpc) is 3.57. The van der Waals surface area contributed by atoms with E-state index in [1.54, 1.807) is 0 Å². The zero-order valence-corrected chi connectivity index (χ0v) is 26.3. The second-order valence-corrected chi connectivity index (χ2v) is 12.4. The van der Waals surface area contributed by atoms with Crippen molar-refractivity contribution in [2.75, 3.05) is 0 Å². The number of fused-ring (bicyclic) bond motifs is 8. The van der Waals surface area contributed by atoms with Gasteiger partial charge in [-0.2, -0.15) is 0 Å². The monoisotopic (exact) mass is 625 g/mol. The molecule has 0 fully saturated rings. The largest absolute Gasteiger partial charge is 0.455 e. The fraction of sp³-hybridized carbons (Fsp3) is 0. The van der Waals surface area contributed by atoms with Crippen molar-refractivity contribution in [3.8, 4) is 45.3 Å². The molecule has 0 atom stereocenters. The van der Waals surface area contributed by atoms with E-state index < -0.39 is 0 Å². The van der Waals surface area contributed by atoms with Gasteiger partial charge >= 0.3 is 0 Å². The van der Waals surface area contributed by atoms with Gasteiger partial charge in [0.1, 0.15) is 11.2 Å². The summed E-state index contributed by atoms with van der Waals surface area (Å²) in [6, 6.07) is 56.7. The van der Waals surface area contributed by atoms with Crippen LogP contribution in [0.5, 0.6) is 0 Å². The molecule has 4 nitrogen and oxygen atoms in total. The van der Waals surface area contributed by atoms with Crippen molar-refractivity contribution in [1.82, 2.24) is 15.0 Å². The highest BCUT2D eigenvalue weighted by atomic mass is 16.3. The Morgan fingerprint density at radius 1 is 0.347 bits per heavy atom. The number of hydrogen-bond donors (Lipinski definition) is 0. The summed E-state index contributed by atoms with van der Waals surface area (Å²) in [6.45, 7) is 0. The van der Waals surface area contributed by atoms with Gasteiger partial charge in [0.25, 0.3) is 0 Å². The molecule has 0 radical (unpaired) electrons. The lowest BCUT2D eigenvalue weighted by molar-refractivity contribution is 0.673. The van der Waals surface area contributed by atoms with Crippen LogP contribution in [0.3, 0.4) is 0 Å². The number of benzene rings is 8. The average molecular weight is 626 g/mol. The first-order valence-corrected chi connectivity index (χ1v) is 16.5. The van der Waals surface area contributed by atoms with Gasteiger partial charge in [0.2, 0.25) is 0 Å². The lowest BCUT2D eigenvalue weighted by Crippen LogP contribution is -2.01. The van der Waals surface area contributed by atoms with E-state index in [-0.39, 0.29) is 0 Å². The van der Waals surface area contributed by atoms with Crippen LogP contribution in [0.1, 0.15) is 0 Å². The third-order valence-electron chi connectivity index (χ3n) is 9.50. The maximum Gasteiger partial charge on any atom is 0.164 e. The number of furan rings is 1. The summed E-state index contributed by atoms with van der Waals surface area (Å²) in [4.78, 5) is 15.6. The molecule has 0 aliphatic heterocycles. The molecule has 10 aromatic rings. The fourth-order valence-electron chi connectivity index (χ4n) is 7.26. The van der Waals surface area contributed by atoms with Crippen LogP contribution >= 0.6 is 0 Å². The van der Waals surface area contributed by atoms with Gasteiger partial charge < -0.3 is 4.42 Å². The summed E-state index contributed by atoms with van der Waals surface area (Å²) in [5, 5.41) is 8.77. The SMILES string of the molecule is c1ccc(-c2nc(-c3cc4ccccc4c4ccccc34)nc(-c3cc4c(oc5cccc(-c6ccccc6)c54)c4ccccc34)n2)cc1. The van der Waals surface area contributed by atoms with Gasteiger partial charge in [-0.3, -0.25) is 0 Å². The number of hydrogen-bond acceptors (Lipinski definition) is 4. The Labute approximate surface area is 282 Å². The minimum atomic E-state index is 0.616. The van der Waals surface area contributed by atoms with E-state index in [0.29, 0.717) is 17.5 Å². The van der Waals surface area contributed by atoms with Crippen molar-refractivity contribution in [2.24, 2.45) is 0 Å². The fourth-order valence-corrected chi connectivity index (χ4v) is 7.26. The molecule has 49 heavy (non-hydrogen) atoms. The molecule has 0 amide bonds. The molecule has 0 N–H and O–H groups in total. The van der Waals surface area contributed by atoms with Crippen molar-refractivity contribution in [2.45, 2.75) is 0 Å². The van der Waals surface area contributed by atoms with Gasteiger partial charge in [0.15, 0.2) is 17.5 Å². The first kappa shape index (κ1) is 27.5. The van der Waals surface area contributed by atoms with E-state index >= 15 is 0 Å². The van der Waals surface area contributed by atoms with Crippen LogP contribution < -0.4 is 0 Å². The van der Waals surface area contributed by atoms with Crippen molar-refractivity contribution >= 4 is 54.3 Å². The number of aromatic nitrogens is 3. The van der Waals surface area contributed by atoms with Crippen LogP contribution in [-0.2, 0) is 0 Å². The van der Waals surface area contributed by atoms with Crippen molar-refractivity contribution in [3.05, 3.63) is 164 Å². The molecule has 0 saturated heterocycles. The molecule has 4 heteroatoms. The zero-order valence-electron chi connectivity index (χ0n) is 26.3. The Balaban J connectivity index is 1.31. The van der Waals surface area contributed by atoms with Gasteiger partial charge in [0.05, 0.1) is 0 Å². The molecular weight excluding hydrogens is 599 g/mol. The molecule has 2 aromatic heterocycles. The molecule has 0 spiro atoms. The normalized spacial score (nSPS) is 11.7. The smallest absolute Gasteiger partial charge is 0.164 e. The summed E-state index contributed by atoms with van der Waals surface area (Å²) < 4.78 is 6.64. The lowest BCUT2D eigenvalue weighted by Gasteiger charge is -2.13. The zero-order chi connectivity index (χ0) is 32.3. The molecule has 10 rings (SSSR count). The minimum absolute atomic E-state index is 0.616. The maximum absolute atomic E-state index is 6.64. The highest BCUT2D eigenvalue weighted by Gasteiger charge is 2.21. The van der Waals surface area contributed by atoms with E-state index in [0.717, 1.165) is 71.3 Å². The predicted molar refractivity (Wildman–Crippen MR) is 201 cm³/mol. The Morgan fingerprint density at radius 3 is 1.63 bits per heavy atom. The molecule has 2 heterocycles. The highest BCUT2D eigenvalue weighted by Crippen LogP contribution is 2.43. The third-order valence-corrected chi connectivity index (χ3v) is 9.50. The van der Waals surface area contributed by atoms with Gasteiger partial charge in [-0.05, 0) is 56.3 Å². The van der Waals surface area contributed by atoms with Gasteiger partial charge in [-0.1, -0.05) is 146 Å². The van der Waals surface area contributed by atoms with Gasteiger partial charge in [-0.25, -0.2) is 15.0 Å². The van der Waals surface area contributed by atoms with Crippen molar-refractivity contribution in [3.63, 3.8) is 0 Å². The molecule has 0 aliphatic rings. The second kappa shape index (κ2) is 11.0. The first-order valence-electron chi connectivity index (χ1n) is 16.5. The molecular formula is C45H27N3O. The Kier molecular flexibility index (Phi) is 6.15. The van der Waals surface area contributed by atoms with Crippen LogP contribution in [0.25, 0.3) is 99.5 Å².